The van der Waals surface area contributed by atoms with E-state index < -0.39 is 0 Å². The lowest BCUT2D eigenvalue weighted by atomic mass is 9.86. The third-order valence-electron chi connectivity index (χ3n) is 3.83. The van der Waals surface area contributed by atoms with Crippen LogP contribution in [0.2, 0.25) is 0 Å². The lowest BCUT2D eigenvalue weighted by Crippen LogP contribution is -2.46. The maximum absolute atomic E-state index is 6.08. The zero-order valence-electron chi connectivity index (χ0n) is 10.8. The van der Waals surface area contributed by atoms with Crippen molar-refractivity contribution in [2.24, 2.45) is 0 Å². The second-order valence-corrected chi connectivity index (χ2v) is 7.36. The third kappa shape index (κ3) is 3.44. The van der Waals surface area contributed by atoms with Crippen molar-refractivity contribution in [2.45, 2.75) is 37.4 Å². The van der Waals surface area contributed by atoms with Gasteiger partial charge < -0.3 is 9.47 Å². The van der Waals surface area contributed by atoms with Crippen molar-refractivity contribution in [2.75, 3.05) is 18.1 Å². The average molecular weight is 344 g/mol. The molecule has 104 valence electrons. The van der Waals surface area contributed by atoms with Crippen molar-refractivity contribution in [3.05, 3.63) is 22.9 Å². The van der Waals surface area contributed by atoms with Crippen LogP contribution in [0.5, 0.6) is 5.75 Å². The fraction of sp³-hybridized carbons (Fsp3) is 0.643. The van der Waals surface area contributed by atoms with Gasteiger partial charge in [0, 0.05) is 23.5 Å². The van der Waals surface area contributed by atoms with E-state index in [1.165, 1.54) is 11.5 Å². The van der Waals surface area contributed by atoms with E-state index in [1.54, 1.807) is 12.4 Å². The van der Waals surface area contributed by atoms with Crippen LogP contribution in [-0.4, -0.2) is 34.8 Å². The predicted octanol–water partition coefficient (Wildman–Crippen LogP) is 3.67. The summed E-state index contributed by atoms with van der Waals surface area (Å²) in [7, 11) is 0. The molecule has 0 aliphatic carbocycles. The van der Waals surface area contributed by atoms with Crippen LogP contribution < -0.4 is 4.74 Å². The number of aromatic nitrogens is 1. The normalized spacial score (nSPS) is 26.3. The van der Waals surface area contributed by atoms with E-state index >= 15 is 0 Å². The lowest BCUT2D eigenvalue weighted by molar-refractivity contribution is -0.116. The molecule has 1 aromatic heterocycles. The van der Waals surface area contributed by atoms with Gasteiger partial charge >= 0.3 is 0 Å². The molecule has 0 bridgehead atoms. The van der Waals surface area contributed by atoms with Crippen LogP contribution in [0.1, 0.15) is 25.7 Å². The highest BCUT2D eigenvalue weighted by Gasteiger charge is 2.39. The van der Waals surface area contributed by atoms with Gasteiger partial charge in [0.1, 0.15) is 11.9 Å². The molecule has 19 heavy (non-hydrogen) atoms. The molecule has 0 saturated carbocycles. The molecule has 0 amide bonds. The quantitative estimate of drug-likeness (QED) is 0.819. The van der Waals surface area contributed by atoms with Crippen LogP contribution in [0.25, 0.3) is 0 Å². The van der Waals surface area contributed by atoms with E-state index in [-0.39, 0.29) is 11.7 Å². The molecule has 3 rings (SSSR count). The first-order valence-electron chi connectivity index (χ1n) is 6.75. The number of rotatable bonds is 2. The van der Waals surface area contributed by atoms with E-state index in [0.717, 1.165) is 42.5 Å². The molecule has 2 aliphatic rings. The fourth-order valence-corrected chi connectivity index (χ4v) is 4.41. The van der Waals surface area contributed by atoms with Crippen molar-refractivity contribution in [1.82, 2.24) is 4.98 Å². The minimum absolute atomic E-state index is 0.0770. The highest BCUT2D eigenvalue weighted by Crippen LogP contribution is 2.38. The number of halogens is 1. The molecular weight excluding hydrogens is 326 g/mol. The minimum Gasteiger partial charge on any atom is -0.489 e. The molecule has 2 saturated heterocycles. The molecule has 0 radical (unpaired) electrons. The number of hydrogen-bond acceptors (Lipinski definition) is 4. The Balaban J connectivity index is 1.65. The van der Waals surface area contributed by atoms with Crippen molar-refractivity contribution in [3.8, 4) is 5.75 Å². The Bertz CT molecular complexity index is 432. The average Bonchev–Trinajstić information content (AvgIpc) is 2.40. The van der Waals surface area contributed by atoms with Gasteiger partial charge in [0.2, 0.25) is 0 Å². The van der Waals surface area contributed by atoms with E-state index in [1.807, 2.05) is 17.8 Å². The van der Waals surface area contributed by atoms with Crippen LogP contribution >= 0.6 is 27.7 Å². The van der Waals surface area contributed by atoms with Gasteiger partial charge in [-0.3, -0.25) is 4.98 Å². The van der Waals surface area contributed by atoms with Gasteiger partial charge in [-0.1, -0.05) is 0 Å². The monoisotopic (exact) mass is 343 g/mol. The second kappa shape index (κ2) is 6.02. The van der Waals surface area contributed by atoms with Crippen LogP contribution in [0.15, 0.2) is 22.9 Å². The Morgan fingerprint density at radius 3 is 3.00 bits per heavy atom. The molecule has 1 atom stereocenters. The van der Waals surface area contributed by atoms with Gasteiger partial charge in [-0.05, 0) is 46.3 Å². The van der Waals surface area contributed by atoms with E-state index in [9.17, 15) is 0 Å². The van der Waals surface area contributed by atoms with Gasteiger partial charge in [-0.2, -0.15) is 11.8 Å². The fourth-order valence-electron chi connectivity index (χ4n) is 2.82. The smallest absolute Gasteiger partial charge is 0.139 e. The maximum atomic E-state index is 6.08. The van der Waals surface area contributed by atoms with E-state index in [4.69, 9.17) is 9.47 Å². The number of nitrogens with zero attached hydrogens (tertiary/aromatic N) is 1. The Morgan fingerprint density at radius 1 is 1.37 bits per heavy atom. The summed E-state index contributed by atoms with van der Waals surface area (Å²) in [5.74, 6) is 3.28. The van der Waals surface area contributed by atoms with Crippen molar-refractivity contribution < 1.29 is 9.47 Å². The van der Waals surface area contributed by atoms with Gasteiger partial charge in [0.05, 0.1) is 18.4 Å². The summed E-state index contributed by atoms with van der Waals surface area (Å²) < 4.78 is 13.1. The van der Waals surface area contributed by atoms with Gasteiger partial charge in [0.25, 0.3) is 0 Å². The van der Waals surface area contributed by atoms with Gasteiger partial charge in [0.15, 0.2) is 0 Å². The zero-order chi connectivity index (χ0) is 13.1. The zero-order valence-corrected chi connectivity index (χ0v) is 13.2. The molecule has 1 unspecified atom stereocenters. The molecule has 5 heteroatoms. The third-order valence-corrected chi connectivity index (χ3v) is 5.25. The Hall–Kier alpha value is -0.260. The topological polar surface area (TPSA) is 31.4 Å². The van der Waals surface area contributed by atoms with Crippen LogP contribution in [0, 0.1) is 0 Å². The number of hydrogen-bond donors (Lipinski definition) is 0. The maximum Gasteiger partial charge on any atom is 0.139 e. The highest BCUT2D eigenvalue weighted by atomic mass is 79.9. The Morgan fingerprint density at radius 2 is 2.21 bits per heavy atom. The minimum atomic E-state index is 0.0770. The van der Waals surface area contributed by atoms with Crippen LogP contribution in [0.4, 0.5) is 0 Å². The van der Waals surface area contributed by atoms with Crippen molar-refractivity contribution in [3.63, 3.8) is 0 Å². The molecule has 3 heterocycles. The van der Waals surface area contributed by atoms with Crippen molar-refractivity contribution >= 4 is 27.7 Å². The summed E-state index contributed by atoms with van der Waals surface area (Å²) in [5, 5.41) is 0. The van der Waals surface area contributed by atoms with Crippen molar-refractivity contribution in [1.29, 1.82) is 0 Å². The standard InChI is InChI=1S/C14H18BrNO2S/c15-11-7-13(10-16-9-11)18-12-1-4-17-14(8-12)2-5-19-6-3-14/h7,9-10,12H,1-6,8H2. The summed E-state index contributed by atoms with van der Waals surface area (Å²) in [6, 6.07) is 1.98. The molecule has 0 aromatic carbocycles. The summed E-state index contributed by atoms with van der Waals surface area (Å²) >= 11 is 5.46. The first-order chi connectivity index (χ1) is 9.26. The summed E-state index contributed by atoms with van der Waals surface area (Å²) in [5.41, 5.74) is 0.0770. The Labute approximate surface area is 126 Å². The lowest BCUT2D eigenvalue weighted by Gasteiger charge is -2.43. The molecule has 1 aromatic rings. The first kappa shape index (κ1) is 13.7. The van der Waals surface area contributed by atoms with Gasteiger partial charge in [-0.25, -0.2) is 0 Å². The second-order valence-electron chi connectivity index (χ2n) is 5.22. The summed E-state index contributed by atoms with van der Waals surface area (Å²) in [6.45, 7) is 0.816. The summed E-state index contributed by atoms with van der Waals surface area (Å²) in [6.07, 6.45) is 8.12. The van der Waals surface area contributed by atoms with E-state index in [2.05, 4.69) is 20.9 Å². The highest BCUT2D eigenvalue weighted by molar-refractivity contribution is 9.10. The molecule has 3 nitrogen and oxygen atoms in total. The first-order valence-corrected chi connectivity index (χ1v) is 8.69. The van der Waals surface area contributed by atoms with E-state index in [0.29, 0.717) is 0 Å². The number of ether oxygens (including phenoxy) is 2. The van der Waals surface area contributed by atoms with Gasteiger partial charge in [-0.15, -0.1) is 0 Å². The van der Waals surface area contributed by atoms with Crippen LogP contribution in [-0.2, 0) is 4.74 Å². The predicted molar refractivity (Wildman–Crippen MR) is 80.8 cm³/mol. The molecule has 1 spiro atoms. The largest absolute Gasteiger partial charge is 0.489 e. The number of pyridine rings is 1. The van der Waals surface area contributed by atoms with Crippen LogP contribution in [0.3, 0.4) is 0 Å². The molecular formula is C14H18BrNO2S. The summed E-state index contributed by atoms with van der Waals surface area (Å²) in [4.78, 5) is 4.15. The Kier molecular flexibility index (Phi) is 4.34. The SMILES string of the molecule is Brc1cncc(OC2CCOC3(CCSCC3)C2)c1. The molecule has 0 N–H and O–H groups in total. The molecule has 2 aliphatic heterocycles. The molecule has 2 fully saturated rings. The number of thioether (sulfide) groups is 1.